The molecule has 1 aliphatic carbocycles. The number of carboxylic acid groups (broad SMARTS) is 1. The van der Waals surface area contributed by atoms with Crippen LogP contribution in [-0.2, 0) is 18.4 Å². The Labute approximate surface area is 112 Å². The summed E-state index contributed by atoms with van der Waals surface area (Å²) in [5.74, 6) is -0.254. The van der Waals surface area contributed by atoms with E-state index < -0.39 is 11.5 Å². The van der Waals surface area contributed by atoms with Crippen LogP contribution in [0.4, 0.5) is 0 Å². The van der Waals surface area contributed by atoms with E-state index in [1.54, 1.807) is 0 Å². The lowest BCUT2D eigenvalue weighted by Gasteiger charge is -2.20. The van der Waals surface area contributed by atoms with Gasteiger partial charge >= 0.3 is 5.97 Å². The average Bonchev–Trinajstić information content (AvgIpc) is 3.02. The van der Waals surface area contributed by atoms with Gasteiger partial charge in [-0.05, 0) is 19.3 Å². The molecular formula is C13H20N4O2. The number of nitrogens with two attached hydrogens (primary N) is 1. The van der Waals surface area contributed by atoms with Gasteiger partial charge in [0.05, 0.1) is 6.20 Å². The first-order valence-electron chi connectivity index (χ1n) is 6.75. The third-order valence-corrected chi connectivity index (χ3v) is 4.23. The van der Waals surface area contributed by atoms with Gasteiger partial charge in [-0.15, -0.1) is 0 Å². The van der Waals surface area contributed by atoms with Crippen LogP contribution >= 0.6 is 0 Å². The first kappa shape index (κ1) is 12.6. The standard InChI is InChI=1S/C13H20N4O2/c1-16-11(9-2-3-9)10(6-15-16)7-17-5-4-13(14,8-17)12(18)19/h6,9H,2-5,7-8,14H2,1H3,(H,18,19)/t13-/m0/s1. The maximum Gasteiger partial charge on any atom is 0.325 e. The first-order chi connectivity index (χ1) is 8.99. The molecule has 19 heavy (non-hydrogen) atoms. The van der Waals surface area contributed by atoms with E-state index in [0.717, 1.165) is 13.1 Å². The van der Waals surface area contributed by atoms with Crippen LogP contribution < -0.4 is 5.73 Å². The highest BCUT2D eigenvalue weighted by Gasteiger charge is 2.41. The van der Waals surface area contributed by atoms with E-state index in [-0.39, 0.29) is 0 Å². The molecule has 1 aromatic rings. The monoisotopic (exact) mass is 264 g/mol. The summed E-state index contributed by atoms with van der Waals surface area (Å²) < 4.78 is 1.95. The Morgan fingerprint density at radius 2 is 2.37 bits per heavy atom. The van der Waals surface area contributed by atoms with Crippen LogP contribution in [0.1, 0.15) is 36.4 Å². The molecule has 3 N–H and O–H groups in total. The van der Waals surface area contributed by atoms with Crippen molar-refractivity contribution < 1.29 is 9.90 Å². The van der Waals surface area contributed by atoms with E-state index in [2.05, 4.69) is 10.00 Å². The van der Waals surface area contributed by atoms with E-state index >= 15 is 0 Å². The van der Waals surface area contributed by atoms with Crippen molar-refractivity contribution in [3.8, 4) is 0 Å². The minimum Gasteiger partial charge on any atom is -0.480 e. The minimum absolute atomic E-state index is 0.418. The van der Waals surface area contributed by atoms with Crippen LogP contribution in [0.15, 0.2) is 6.20 Å². The SMILES string of the molecule is Cn1ncc(CN2CC[C@@](N)(C(=O)O)C2)c1C1CC1. The second-order valence-corrected chi connectivity index (χ2v) is 5.87. The average molecular weight is 264 g/mol. The third kappa shape index (κ3) is 2.26. The molecule has 2 heterocycles. The lowest BCUT2D eigenvalue weighted by molar-refractivity contribution is -0.142. The second kappa shape index (κ2) is 4.31. The molecule has 0 spiro atoms. The van der Waals surface area contributed by atoms with Crippen molar-refractivity contribution >= 4 is 5.97 Å². The van der Waals surface area contributed by atoms with Gasteiger partial charge in [-0.25, -0.2) is 0 Å². The molecule has 0 radical (unpaired) electrons. The summed E-state index contributed by atoms with van der Waals surface area (Å²) in [7, 11) is 1.98. The zero-order chi connectivity index (χ0) is 13.6. The molecule has 2 fully saturated rings. The van der Waals surface area contributed by atoms with Crippen LogP contribution in [0, 0.1) is 0 Å². The Kier molecular flexibility index (Phi) is 2.87. The van der Waals surface area contributed by atoms with Crippen molar-refractivity contribution in [1.29, 1.82) is 0 Å². The van der Waals surface area contributed by atoms with Crippen molar-refractivity contribution in [2.75, 3.05) is 13.1 Å². The fourth-order valence-corrected chi connectivity index (χ4v) is 2.96. The van der Waals surface area contributed by atoms with Crippen LogP contribution in [-0.4, -0.2) is 44.4 Å². The molecule has 104 valence electrons. The van der Waals surface area contributed by atoms with Gasteiger partial charge in [0.25, 0.3) is 0 Å². The van der Waals surface area contributed by atoms with Gasteiger partial charge in [0, 0.05) is 43.9 Å². The van der Waals surface area contributed by atoms with Gasteiger partial charge < -0.3 is 10.8 Å². The Hall–Kier alpha value is -1.40. The highest BCUT2D eigenvalue weighted by Crippen LogP contribution is 2.41. The predicted molar refractivity (Wildman–Crippen MR) is 69.6 cm³/mol. The topological polar surface area (TPSA) is 84.4 Å². The Balaban J connectivity index is 1.71. The lowest BCUT2D eigenvalue weighted by Crippen LogP contribution is -2.50. The third-order valence-electron chi connectivity index (χ3n) is 4.23. The van der Waals surface area contributed by atoms with Crippen molar-refractivity contribution in [1.82, 2.24) is 14.7 Å². The summed E-state index contributed by atoms with van der Waals surface area (Å²) in [6, 6.07) is 0. The second-order valence-electron chi connectivity index (χ2n) is 5.87. The van der Waals surface area contributed by atoms with E-state index in [9.17, 15) is 4.79 Å². The number of aliphatic carboxylic acids is 1. The van der Waals surface area contributed by atoms with E-state index in [1.807, 2.05) is 17.9 Å². The van der Waals surface area contributed by atoms with Gasteiger partial charge in [0.15, 0.2) is 0 Å². The molecule has 0 bridgehead atoms. The number of rotatable bonds is 4. The van der Waals surface area contributed by atoms with Crippen molar-refractivity contribution in [3.05, 3.63) is 17.5 Å². The molecule has 0 aromatic carbocycles. The zero-order valence-corrected chi connectivity index (χ0v) is 11.2. The van der Waals surface area contributed by atoms with Crippen LogP contribution in [0.25, 0.3) is 0 Å². The Morgan fingerprint density at radius 1 is 1.63 bits per heavy atom. The molecule has 2 aliphatic rings. The predicted octanol–water partition coefficient (Wildman–Crippen LogP) is 0.285. The lowest BCUT2D eigenvalue weighted by atomic mass is 10.0. The summed E-state index contributed by atoms with van der Waals surface area (Å²) in [4.78, 5) is 13.3. The van der Waals surface area contributed by atoms with Gasteiger partial charge in [0.2, 0.25) is 0 Å². The van der Waals surface area contributed by atoms with Gasteiger partial charge in [-0.1, -0.05) is 0 Å². The van der Waals surface area contributed by atoms with E-state index in [1.165, 1.54) is 24.1 Å². The summed E-state index contributed by atoms with van der Waals surface area (Å²) in [6.07, 6.45) is 4.90. The number of hydrogen-bond donors (Lipinski definition) is 2. The molecule has 0 unspecified atom stereocenters. The molecule has 6 heteroatoms. The summed E-state index contributed by atoms with van der Waals surface area (Å²) >= 11 is 0. The molecule has 1 saturated heterocycles. The number of hydrogen-bond acceptors (Lipinski definition) is 4. The first-order valence-corrected chi connectivity index (χ1v) is 6.75. The van der Waals surface area contributed by atoms with E-state index in [4.69, 9.17) is 10.8 Å². The quantitative estimate of drug-likeness (QED) is 0.816. The molecule has 1 aromatic heterocycles. The Morgan fingerprint density at radius 3 is 2.95 bits per heavy atom. The molecular weight excluding hydrogens is 244 g/mol. The maximum absolute atomic E-state index is 11.1. The Bertz CT molecular complexity index is 509. The molecule has 1 aliphatic heterocycles. The highest BCUT2D eigenvalue weighted by molar-refractivity contribution is 5.79. The van der Waals surface area contributed by atoms with Gasteiger partial charge in [-0.2, -0.15) is 5.10 Å². The fourth-order valence-electron chi connectivity index (χ4n) is 2.96. The van der Waals surface area contributed by atoms with Crippen molar-refractivity contribution in [3.63, 3.8) is 0 Å². The minimum atomic E-state index is -1.08. The van der Waals surface area contributed by atoms with Crippen molar-refractivity contribution in [2.24, 2.45) is 12.8 Å². The largest absolute Gasteiger partial charge is 0.480 e. The zero-order valence-electron chi connectivity index (χ0n) is 11.2. The number of nitrogens with zero attached hydrogens (tertiary/aromatic N) is 3. The number of carbonyl (C=O) groups is 1. The maximum atomic E-state index is 11.1. The van der Waals surface area contributed by atoms with Crippen LogP contribution in [0.5, 0.6) is 0 Å². The molecule has 1 atom stereocenters. The summed E-state index contributed by atoms with van der Waals surface area (Å²) in [5.41, 5.74) is 7.35. The number of likely N-dealkylation sites (tertiary alicyclic amines) is 1. The van der Waals surface area contributed by atoms with E-state index in [0.29, 0.717) is 18.9 Å². The number of aromatic nitrogens is 2. The van der Waals surface area contributed by atoms with Crippen LogP contribution in [0.2, 0.25) is 0 Å². The normalized spacial score (nSPS) is 27.9. The summed E-state index contributed by atoms with van der Waals surface area (Å²) in [6.45, 7) is 1.91. The van der Waals surface area contributed by atoms with Gasteiger partial charge in [-0.3, -0.25) is 14.4 Å². The number of aryl methyl sites for hydroxylation is 1. The molecule has 0 amide bonds. The molecule has 3 rings (SSSR count). The summed E-state index contributed by atoms with van der Waals surface area (Å²) in [5, 5.41) is 13.5. The van der Waals surface area contributed by atoms with Crippen molar-refractivity contribution in [2.45, 2.75) is 37.3 Å². The van der Waals surface area contributed by atoms with Crippen LogP contribution in [0.3, 0.4) is 0 Å². The molecule has 6 nitrogen and oxygen atoms in total. The number of carboxylic acids is 1. The molecule has 1 saturated carbocycles. The highest BCUT2D eigenvalue weighted by atomic mass is 16.4. The smallest absolute Gasteiger partial charge is 0.325 e. The fraction of sp³-hybridized carbons (Fsp3) is 0.692. The van der Waals surface area contributed by atoms with Gasteiger partial charge in [0.1, 0.15) is 5.54 Å².